The number of hydrogen-bond donors (Lipinski definition) is 1. The van der Waals surface area contributed by atoms with Crippen LogP contribution in [0.15, 0.2) is 18.2 Å². The molecule has 27 heavy (non-hydrogen) atoms. The smallest absolute Gasteiger partial charge is 0.335 e. The summed E-state index contributed by atoms with van der Waals surface area (Å²) in [6, 6.07) is 5.78. The molecule has 1 N–H and O–H groups in total. The molecule has 3 atom stereocenters. The second-order valence-electron chi connectivity index (χ2n) is 7.52. The largest absolute Gasteiger partial charge is 0.450 e. The molecule has 1 aliphatic heterocycles. The topological polar surface area (TPSA) is 73.9 Å². The van der Waals surface area contributed by atoms with Gasteiger partial charge in [-0.2, -0.15) is 0 Å². The highest BCUT2D eigenvalue weighted by Gasteiger charge is 2.30. The van der Waals surface area contributed by atoms with Crippen molar-refractivity contribution in [2.45, 2.75) is 65.8 Å². The predicted molar refractivity (Wildman–Crippen MR) is 104 cm³/mol. The molecule has 6 heteroatoms. The van der Waals surface area contributed by atoms with Crippen LogP contribution >= 0.6 is 0 Å². The minimum absolute atomic E-state index is 0.0361. The Hall–Kier alpha value is -1.92. The fourth-order valence-electron chi connectivity index (χ4n) is 2.97. The summed E-state index contributed by atoms with van der Waals surface area (Å²) in [4.78, 5) is 25.0. The molecule has 2 rings (SSSR count). The van der Waals surface area contributed by atoms with E-state index in [0.717, 1.165) is 36.3 Å². The summed E-state index contributed by atoms with van der Waals surface area (Å²) < 4.78 is 16.5. The summed E-state index contributed by atoms with van der Waals surface area (Å²) in [6.07, 6.45) is 0.362. The highest BCUT2D eigenvalue weighted by atomic mass is 16.6. The fraction of sp³-hybridized carbons (Fsp3) is 0.619. The zero-order chi connectivity index (χ0) is 20.0. The summed E-state index contributed by atoms with van der Waals surface area (Å²) in [5.41, 5.74) is 2.80. The SMILES string of the molecule is Cc1ccc(NC(=O)C(OC(=O)C(C)OCC2CCCO2)C(C)C)c(C)c1. The summed E-state index contributed by atoms with van der Waals surface area (Å²) >= 11 is 0. The van der Waals surface area contributed by atoms with Gasteiger partial charge >= 0.3 is 5.97 Å². The molecule has 1 heterocycles. The number of anilines is 1. The summed E-state index contributed by atoms with van der Waals surface area (Å²) in [5, 5.41) is 2.86. The van der Waals surface area contributed by atoms with Crippen LogP contribution in [0.1, 0.15) is 44.7 Å². The van der Waals surface area contributed by atoms with Gasteiger partial charge in [0.25, 0.3) is 5.91 Å². The van der Waals surface area contributed by atoms with Crippen molar-refractivity contribution in [1.29, 1.82) is 0 Å². The summed E-state index contributed by atoms with van der Waals surface area (Å²) in [5.74, 6) is -1.04. The van der Waals surface area contributed by atoms with Gasteiger partial charge in [0.15, 0.2) is 12.2 Å². The minimum atomic E-state index is -0.882. The molecule has 0 saturated carbocycles. The van der Waals surface area contributed by atoms with E-state index in [1.54, 1.807) is 6.92 Å². The van der Waals surface area contributed by atoms with E-state index in [1.807, 2.05) is 45.9 Å². The number of rotatable bonds is 8. The second-order valence-corrected chi connectivity index (χ2v) is 7.52. The first kappa shape index (κ1) is 21.4. The summed E-state index contributed by atoms with van der Waals surface area (Å²) in [6.45, 7) is 10.3. The lowest BCUT2D eigenvalue weighted by atomic mass is 10.1. The zero-order valence-electron chi connectivity index (χ0n) is 16.9. The lowest BCUT2D eigenvalue weighted by Gasteiger charge is -2.23. The van der Waals surface area contributed by atoms with Crippen molar-refractivity contribution in [3.8, 4) is 0 Å². The average molecular weight is 377 g/mol. The van der Waals surface area contributed by atoms with Crippen molar-refractivity contribution >= 4 is 17.6 Å². The number of amides is 1. The maximum Gasteiger partial charge on any atom is 0.335 e. The van der Waals surface area contributed by atoms with Gasteiger partial charge in [-0.1, -0.05) is 31.5 Å². The number of ether oxygens (including phenoxy) is 3. The van der Waals surface area contributed by atoms with Gasteiger partial charge in [-0.3, -0.25) is 4.79 Å². The van der Waals surface area contributed by atoms with E-state index in [1.165, 1.54) is 0 Å². The molecule has 0 radical (unpaired) electrons. The van der Waals surface area contributed by atoms with E-state index in [-0.39, 0.29) is 17.9 Å². The average Bonchev–Trinajstić information content (AvgIpc) is 3.12. The van der Waals surface area contributed by atoms with Crippen molar-refractivity contribution in [2.24, 2.45) is 5.92 Å². The monoisotopic (exact) mass is 377 g/mol. The molecule has 1 aliphatic rings. The Morgan fingerprint density at radius 1 is 1.26 bits per heavy atom. The molecule has 0 aliphatic carbocycles. The number of benzene rings is 1. The number of nitrogens with one attached hydrogen (secondary N) is 1. The van der Waals surface area contributed by atoms with Gasteiger partial charge in [0, 0.05) is 12.3 Å². The fourth-order valence-corrected chi connectivity index (χ4v) is 2.97. The third-order valence-corrected chi connectivity index (χ3v) is 4.63. The molecule has 1 aromatic carbocycles. The normalized spacial score (nSPS) is 19.0. The van der Waals surface area contributed by atoms with E-state index in [4.69, 9.17) is 14.2 Å². The first-order valence-corrected chi connectivity index (χ1v) is 9.59. The van der Waals surface area contributed by atoms with E-state index >= 15 is 0 Å². The number of esters is 1. The van der Waals surface area contributed by atoms with Crippen LogP contribution in [-0.2, 0) is 23.8 Å². The van der Waals surface area contributed by atoms with E-state index in [0.29, 0.717) is 6.61 Å². The van der Waals surface area contributed by atoms with Gasteiger partial charge in [-0.25, -0.2) is 4.79 Å². The standard InChI is InChI=1S/C21H31NO5/c1-13(2)19(20(23)22-18-9-8-14(3)11-15(18)4)27-21(24)16(5)26-12-17-7-6-10-25-17/h8-9,11,13,16-17,19H,6-7,10,12H2,1-5H3,(H,22,23). The molecule has 3 unspecified atom stereocenters. The van der Waals surface area contributed by atoms with Gasteiger partial charge in [-0.15, -0.1) is 0 Å². The Bertz CT molecular complexity index is 652. The van der Waals surface area contributed by atoms with Crippen LogP contribution in [0.2, 0.25) is 0 Å². The number of carbonyl (C=O) groups excluding carboxylic acids is 2. The molecule has 1 saturated heterocycles. The van der Waals surface area contributed by atoms with Crippen LogP contribution in [-0.4, -0.2) is 43.4 Å². The van der Waals surface area contributed by atoms with Crippen LogP contribution in [0.5, 0.6) is 0 Å². The van der Waals surface area contributed by atoms with Gasteiger partial charge in [0.05, 0.1) is 12.7 Å². The van der Waals surface area contributed by atoms with E-state index < -0.39 is 18.2 Å². The van der Waals surface area contributed by atoms with Crippen LogP contribution < -0.4 is 5.32 Å². The third kappa shape index (κ3) is 6.33. The van der Waals surface area contributed by atoms with Crippen LogP contribution in [0.3, 0.4) is 0 Å². The molecular weight excluding hydrogens is 346 g/mol. The first-order chi connectivity index (χ1) is 12.8. The lowest BCUT2D eigenvalue weighted by molar-refractivity contribution is -0.168. The van der Waals surface area contributed by atoms with E-state index in [9.17, 15) is 9.59 Å². The van der Waals surface area contributed by atoms with Crippen LogP contribution in [0.4, 0.5) is 5.69 Å². The number of carbonyl (C=O) groups is 2. The Morgan fingerprint density at radius 3 is 2.59 bits per heavy atom. The molecule has 0 aromatic heterocycles. The predicted octanol–water partition coefficient (Wildman–Crippen LogP) is 3.39. The molecule has 1 amide bonds. The van der Waals surface area contributed by atoms with Crippen molar-refractivity contribution in [1.82, 2.24) is 0 Å². The zero-order valence-corrected chi connectivity index (χ0v) is 16.9. The number of aryl methyl sites for hydroxylation is 2. The molecular formula is C21H31NO5. The molecule has 0 bridgehead atoms. The van der Waals surface area contributed by atoms with Gasteiger partial charge in [-0.05, 0) is 51.2 Å². The Balaban J connectivity index is 1.92. The molecule has 0 spiro atoms. The lowest BCUT2D eigenvalue weighted by Crippen LogP contribution is -2.39. The van der Waals surface area contributed by atoms with Gasteiger partial charge < -0.3 is 19.5 Å². The molecule has 1 aromatic rings. The third-order valence-electron chi connectivity index (χ3n) is 4.63. The van der Waals surface area contributed by atoms with Crippen LogP contribution in [0.25, 0.3) is 0 Å². The molecule has 150 valence electrons. The van der Waals surface area contributed by atoms with Crippen LogP contribution in [0, 0.1) is 19.8 Å². The Labute approximate surface area is 161 Å². The number of hydrogen-bond acceptors (Lipinski definition) is 5. The highest BCUT2D eigenvalue weighted by molar-refractivity contribution is 5.96. The van der Waals surface area contributed by atoms with E-state index in [2.05, 4.69) is 5.32 Å². The second kappa shape index (κ2) is 9.85. The maximum atomic E-state index is 12.7. The molecule has 6 nitrogen and oxygen atoms in total. The van der Waals surface area contributed by atoms with Crippen molar-refractivity contribution < 1.29 is 23.8 Å². The summed E-state index contributed by atoms with van der Waals surface area (Å²) in [7, 11) is 0. The van der Waals surface area contributed by atoms with Gasteiger partial charge in [0.1, 0.15) is 0 Å². The maximum absolute atomic E-state index is 12.7. The highest BCUT2D eigenvalue weighted by Crippen LogP contribution is 2.19. The molecule has 1 fully saturated rings. The van der Waals surface area contributed by atoms with Gasteiger partial charge in [0.2, 0.25) is 0 Å². The minimum Gasteiger partial charge on any atom is -0.450 e. The van der Waals surface area contributed by atoms with Crippen molar-refractivity contribution in [2.75, 3.05) is 18.5 Å². The Morgan fingerprint density at radius 2 is 2.00 bits per heavy atom. The van der Waals surface area contributed by atoms with Crippen molar-refractivity contribution in [3.05, 3.63) is 29.3 Å². The van der Waals surface area contributed by atoms with Crippen molar-refractivity contribution in [3.63, 3.8) is 0 Å². The quantitative estimate of drug-likeness (QED) is 0.703. The first-order valence-electron chi connectivity index (χ1n) is 9.59. The Kier molecular flexibility index (Phi) is 7.80.